The van der Waals surface area contributed by atoms with Gasteiger partial charge in [0.2, 0.25) is 17.7 Å². The molecule has 4 bridgehead atoms. The van der Waals surface area contributed by atoms with Crippen LogP contribution >= 0.6 is 0 Å². The molecule has 0 heterocycles. The van der Waals surface area contributed by atoms with Crippen LogP contribution in [0.5, 0.6) is 0 Å². The number of benzene rings is 1. The molecular weight excluding hydrogens is 414 g/mol. The van der Waals surface area contributed by atoms with Crippen molar-refractivity contribution >= 4 is 29.1 Å². The second-order valence-electron chi connectivity index (χ2n) is 11.6. The van der Waals surface area contributed by atoms with Crippen LogP contribution < -0.4 is 16.0 Å². The van der Waals surface area contributed by atoms with E-state index in [9.17, 15) is 14.4 Å². The molecule has 4 aliphatic rings. The number of hydrogen-bond acceptors (Lipinski definition) is 3. The van der Waals surface area contributed by atoms with E-state index in [4.69, 9.17) is 0 Å². The fourth-order valence-electron chi connectivity index (χ4n) is 6.66. The Bertz CT molecular complexity index is 855. The van der Waals surface area contributed by atoms with E-state index in [1.807, 2.05) is 27.7 Å². The molecule has 0 aliphatic heterocycles. The number of anilines is 2. The van der Waals surface area contributed by atoms with E-state index in [2.05, 4.69) is 16.0 Å². The van der Waals surface area contributed by atoms with Crippen LogP contribution in [-0.4, -0.2) is 23.8 Å². The lowest BCUT2D eigenvalue weighted by Crippen LogP contribution is -2.57. The Hall–Kier alpha value is -2.37. The molecule has 1 aromatic carbocycles. The number of nitrogens with one attached hydrogen (secondary N) is 3. The second-order valence-corrected chi connectivity index (χ2v) is 11.6. The Morgan fingerprint density at radius 2 is 1.33 bits per heavy atom. The average Bonchev–Trinajstić information content (AvgIpc) is 2.71. The van der Waals surface area contributed by atoms with Gasteiger partial charge >= 0.3 is 0 Å². The standard InChI is InChI=1S/C27H39N3O3/c1-16(2)9-23(31)28-21-5-7-22(8-6-21)29-25(32)24(17(3)4)30-26(33)27-13-18-10-19(14-27)12-20(11-18)15-27/h5-8,16-20,24H,9-15H2,1-4H3,(H,28,31)(H,29,32)(H,30,33)/t18?,19?,20?,24-,27?/m0/s1. The third-order valence-electron chi connectivity index (χ3n) is 7.79. The molecule has 3 amide bonds. The first kappa shape index (κ1) is 23.8. The lowest BCUT2D eigenvalue weighted by molar-refractivity contribution is -0.148. The van der Waals surface area contributed by atoms with Crippen LogP contribution in [0.1, 0.15) is 72.6 Å². The first-order chi connectivity index (χ1) is 15.6. The molecule has 4 saturated carbocycles. The van der Waals surface area contributed by atoms with Crippen LogP contribution in [0, 0.1) is 35.0 Å². The normalized spacial score (nSPS) is 28.6. The molecule has 4 fully saturated rings. The lowest BCUT2D eigenvalue weighted by Gasteiger charge is -2.55. The minimum absolute atomic E-state index is 0.0162. The van der Waals surface area contributed by atoms with Crippen LogP contribution in [0.15, 0.2) is 24.3 Å². The molecule has 0 aromatic heterocycles. The fourth-order valence-corrected chi connectivity index (χ4v) is 6.66. The smallest absolute Gasteiger partial charge is 0.247 e. The van der Waals surface area contributed by atoms with Gasteiger partial charge < -0.3 is 16.0 Å². The number of carbonyl (C=O) groups excluding carboxylic acids is 3. The number of hydrogen-bond donors (Lipinski definition) is 3. The maximum absolute atomic E-state index is 13.5. The molecule has 6 nitrogen and oxygen atoms in total. The van der Waals surface area contributed by atoms with Crippen molar-refractivity contribution in [1.29, 1.82) is 0 Å². The molecular formula is C27H39N3O3. The summed E-state index contributed by atoms with van der Waals surface area (Å²) in [6, 6.07) is 6.55. The highest BCUT2D eigenvalue weighted by Crippen LogP contribution is 2.60. The Kier molecular flexibility index (Phi) is 6.83. The average molecular weight is 454 g/mol. The summed E-state index contributed by atoms with van der Waals surface area (Å²) in [5.41, 5.74) is 1.09. The highest BCUT2D eigenvalue weighted by atomic mass is 16.2. The van der Waals surface area contributed by atoms with E-state index >= 15 is 0 Å². The fraction of sp³-hybridized carbons (Fsp3) is 0.667. The van der Waals surface area contributed by atoms with Crippen LogP contribution in [0.3, 0.4) is 0 Å². The van der Waals surface area contributed by atoms with Gasteiger partial charge in [-0.2, -0.15) is 0 Å². The van der Waals surface area contributed by atoms with Crippen molar-refractivity contribution in [2.75, 3.05) is 10.6 Å². The summed E-state index contributed by atoms with van der Waals surface area (Å²) in [4.78, 5) is 38.5. The van der Waals surface area contributed by atoms with E-state index < -0.39 is 6.04 Å². The molecule has 5 rings (SSSR count). The van der Waals surface area contributed by atoms with E-state index in [-0.39, 0.29) is 29.1 Å². The van der Waals surface area contributed by atoms with Gasteiger partial charge in [0.15, 0.2) is 0 Å². The Balaban J connectivity index is 1.37. The highest BCUT2D eigenvalue weighted by molar-refractivity contribution is 5.98. The molecule has 0 radical (unpaired) electrons. The largest absolute Gasteiger partial charge is 0.344 e. The molecule has 33 heavy (non-hydrogen) atoms. The molecule has 0 saturated heterocycles. The highest BCUT2D eigenvalue weighted by Gasteiger charge is 2.55. The van der Waals surface area contributed by atoms with E-state index in [1.165, 1.54) is 19.3 Å². The third kappa shape index (κ3) is 5.42. The predicted molar refractivity (Wildman–Crippen MR) is 131 cm³/mol. The van der Waals surface area contributed by atoms with Crippen LogP contribution in [-0.2, 0) is 14.4 Å². The summed E-state index contributed by atoms with van der Waals surface area (Å²) in [7, 11) is 0. The predicted octanol–water partition coefficient (Wildman–Crippen LogP) is 4.97. The Morgan fingerprint density at radius 1 is 0.848 bits per heavy atom. The quantitative estimate of drug-likeness (QED) is 0.519. The molecule has 3 N–H and O–H groups in total. The molecule has 4 aliphatic carbocycles. The van der Waals surface area contributed by atoms with E-state index in [0.29, 0.717) is 41.5 Å². The van der Waals surface area contributed by atoms with Gasteiger partial charge in [0.05, 0.1) is 0 Å². The molecule has 1 atom stereocenters. The summed E-state index contributed by atoms with van der Waals surface area (Å²) < 4.78 is 0. The molecule has 0 spiro atoms. The summed E-state index contributed by atoms with van der Waals surface area (Å²) >= 11 is 0. The van der Waals surface area contributed by atoms with Gasteiger partial charge in [0, 0.05) is 23.2 Å². The zero-order chi connectivity index (χ0) is 23.8. The van der Waals surface area contributed by atoms with Gasteiger partial charge in [-0.3, -0.25) is 14.4 Å². The van der Waals surface area contributed by atoms with Gasteiger partial charge in [0.1, 0.15) is 6.04 Å². The van der Waals surface area contributed by atoms with Crippen LogP contribution in [0.2, 0.25) is 0 Å². The lowest BCUT2D eigenvalue weighted by atomic mass is 9.49. The SMILES string of the molecule is CC(C)CC(=O)Nc1ccc(NC(=O)[C@@H](NC(=O)C23CC4CC(CC(C4)C2)C3)C(C)C)cc1. The van der Waals surface area contributed by atoms with Gasteiger partial charge in [-0.15, -0.1) is 0 Å². The maximum atomic E-state index is 13.5. The van der Waals surface area contributed by atoms with Crippen molar-refractivity contribution in [2.24, 2.45) is 35.0 Å². The number of carbonyl (C=O) groups is 3. The zero-order valence-electron chi connectivity index (χ0n) is 20.4. The van der Waals surface area contributed by atoms with Gasteiger partial charge in [-0.25, -0.2) is 0 Å². The van der Waals surface area contributed by atoms with E-state index in [1.54, 1.807) is 24.3 Å². The summed E-state index contributed by atoms with van der Waals surface area (Å²) in [5, 5.41) is 8.97. The number of rotatable bonds is 8. The second kappa shape index (κ2) is 9.47. The van der Waals surface area contributed by atoms with Crippen LogP contribution in [0.25, 0.3) is 0 Å². The molecule has 0 unspecified atom stereocenters. The van der Waals surface area contributed by atoms with Crippen LogP contribution in [0.4, 0.5) is 11.4 Å². The number of amides is 3. The molecule has 6 heteroatoms. The summed E-state index contributed by atoms with van der Waals surface area (Å²) in [6.45, 7) is 7.95. The summed E-state index contributed by atoms with van der Waals surface area (Å²) in [5.74, 6) is 2.21. The van der Waals surface area contributed by atoms with Crippen molar-refractivity contribution < 1.29 is 14.4 Å². The monoisotopic (exact) mass is 453 g/mol. The Labute approximate surface area is 197 Å². The third-order valence-corrected chi connectivity index (χ3v) is 7.79. The zero-order valence-corrected chi connectivity index (χ0v) is 20.4. The topological polar surface area (TPSA) is 87.3 Å². The van der Waals surface area contributed by atoms with E-state index in [0.717, 1.165) is 19.3 Å². The Morgan fingerprint density at radius 3 is 1.79 bits per heavy atom. The first-order valence-electron chi connectivity index (χ1n) is 12.7. The maximum Gasteiger partial charge on any atom is 0.247 e. The van der Waals surface area contributed by atoms with Gasteiger partial charge in [-0.1, -0.05) is 27.7 Å². The van der Waals surface area contributed by atoms with Crippen molar-refractivity contribution in [3.63, 3.8) is 0 Å². The first-order valence-corrected chi connectivity index (χ1v) is 12.7. The van der Waals surface area contributed by atoms with Crippen molar-refractivity contribution in [3.05, 3.63) is 24.3 Å². The van der Waals surface area contributed by atoms with Gasteiger partial charge in [0.25, 0.3) is 0 Å². The molecule has 180 valence electrons. The van der Waals surface area contributed by atoms with Crippen molar-refractivity contribution in [2.45, 2.75) is 78.7 Å². The van der Waals surface area contributed by atoms with Crippen molar-refractivity contribution in [3.8, 4) is 0 Å². The molecule has 1 aromatic rings. The minimum atomic E-state index is -0.573. The van der Waals surface area contributed by atoms with Crippen molar-refractivity contribution in [1.82, 2.24) is 5.32 Å². The summed E-state index contributed by atoms with van der Waals surface area (Å²) in [6.07, 6.45) is 7.29. The van der Waals surface area contributed by atoms with Gasteiger partial charge in [-0.05, 0) is 92.4 Å². The minimum Gasteiger partial charge on any atom is -0.344 e.